The molecule has 0 saturated carbocycles. The summed E-state index contributed by atoms with van der Waals surface area (Å²) < 4.78 is 31.2. The molecule has 0 amide bonds. The van der Waals surface area contributed by atoms with E-state index in [1.165, 1.54) is 24.7 Å². The van der Waals surface area contributed by atoms with Crippen molar-refractivity contribution in [3.63, 3.8) is 0 Å². The molecule has 0 atom stereocenters. The topological polar surface area (TPSA) is 105 Å². The second kappa shape index (κ2) is 6.99. The number of rotatable bonds is 5. The Hall–Kier alpha value is -2.21. The normalized spacial score (nSPS) is 10.9. The Morgan fingerprint density at radius 2 is 2.24 bits per heavy atom. The largest absolute Gasteiger partial charge is 0.395 e. The van der Waals surface area contributed by atoms with Gasteiger partial charge in [0.05, 0.1) is 18.8 Å². The first kappa shape index (κ1) is 15.2. The van der Waals surface area contributed by atoms with Crippen molar-refractivity contribution in [2.24, 2.45) is 0 Å². The maximum Gasteiger partial charge on any atom is 0.242 e. The van der Waals surface area contributed by atoms with Crippen LogP contribution in [0.3, 0.4) is 0 Å². The van der Waals surface area contributed by atoms with Gasteiger partial charge in [0.2, 0.25) is 10.0 Å². The van der Waals surface area contributed by atoms with E-state index in [4.69, 9.17) is 5.11 Å². The van der Waals surface area contributed by atoms with Gasteiger partial charge in [-0.2, -0.15) is 0 Å². The van der Waals surface area contributed by atoms with Gasteiger partial charge in [-0.25, -0.2) is 13.1 Å². The zero-order valence-electron chi connectivity index (χ0n) is 11.0. The molecule has 0 aliphatic heterocycles. The van der Waals surface area contributed by atoms with Gasteiger partial charge >= 0.3 is 0 Å². The monoisotopic (exact) mass is 307 g/mol. The predicted octanol–water partition coefficient (Wildman–Crippen LogP) is 0.282. The molecule has 0 aromatic carbocycles. The maximum absolute atomic E-state index is 12.1. The Morgan fingerprint density at radius 3 is 2.95 bits per heavy atom. The van der Waals surface area contributed by atoms with Crippen molar-refractivity contribution in [2.45, 2.75) is 17.9 Å². The summed E-state index contributed by atoms with van der Waals surface area (Å²) in [6.45, 7) is -0.0169. The van der Waals surface area contributed by atoms with E-state index in [9.17, 15) is 8.42 Å². The quantitative estimate of drug-likeness (QED) is 0.769. The van der Waals surface area contributed by atoms with E-state index < -0.39 is 10.0 Å². The Bertz CT molecular complexity index is 745. The molecule has 2 N–H and O–H groups in total. The standard InChI is InChI=1S/C13H13N3O4S/c17-5-2-1-3-11-7-13(10-14-8-11)21(18,19)15-9-12-4-6-20-16-12/h4,6-8,10,15,17H,2,5,9H2. The minimum Gasteiger partial charge on any atom is -0.395 e. The Balaban J connectivity index is 2.12. The van der Waals surface area contributed by atoms with Crippen LogP contribution in [0.4, 0.5) is 0 Å². The third-order valence-corrected chi connectivity index (χ3v) is 3.80. The number of sulfonamides is 1. The van der Waals surface area contributed by atoms with E-state index in [1.54, 1.807) is 6.07 Å². The highest BCUT2D eigenvalue weighted by Gasteiger charge is 2.15. The Labute approximate surface area is 122 Å². The van der Waals surface area contributed by atoms with Gasteiger partial charge in [0.15, 0.2) is 0 Å². The highest BCUT2D eigenvalue weighted by Crippen LogP contribution is 2.09. The lowest BCUT2D eigenvalue weighted by Gasteiger charge is -2.04. The van der Waals surface area contributed by atoms with Crippen molar-refractivity contribution in [1.82, 2.24) is 14.9 Å². The molecule has 0 radical (unpaired) electrons. The number of aromatic nitrogens is 2. The van der Waals surface area contributed by atoms with E-state index in [2.05, 4.69) is 31.2 Å². The van der Waals surface area contributed by atoms with Crippen LogP contribution in [0.25, 0.3) is 0 Å². The van der Waals surface area contributed by atoms with Crippen LogP contribution in [0.2, 0.25) is 0 Å². The molecular formula is C13H13N3O4S. The number of hydrogen-bond acceptors (Lipinski definition) is 6. The highest BCUT2D eigenvalue weighted by atomic mass is 32.2. The third kappa shape index (κ3) is 4.39. The second-order valence-corrected chi connectivity index (χ2v) is 5.77. The van der Waals surface area contributed by atoms with E-state index >= 15 is 0 Å². The maximum atomic E-state index is 12.1. The molecular weight excluding hydrogens is 294 g/mol. The zero-order valence-corrected chi connectivity index (χ0v) is 11.8. The minimum atomic E-state index is -3.70. The van der Waals surface area contributed by atoms with Gasteiger partial charge in [-0.15, -0.1) is 0 Å². The van der Waals surface area contributed by atoms with Gasteiger partial charge in [0.25, 0.3) is 0 Å². The minimum absolute atomic E-state index is 0.0155. The van der Waals surface area contributed by atoms with Gasteiger partial charge < -0.3 is 9.63 Å². The summed E-state index contributed by atoms with van der Waals surface area (Å²) in [6, 6.07) is 2.99. The fourth-order valence-corrected chi connectivity index (χ4v) is 2.42. The fourth-order valence-electron chi connectivity index (χ4n) is 1.44. The molecule has 21 heavy (non-hydrogen) atoms. The Kier molecular flexibility index (Phi) is 5.05. The lowest BCUT2D eigenvalue weighted by atomic mass is 10.3. The van der Waals surface area contributed by atoms with Crippen LogP contribution in [0, 0.1) is 11.8 Å². The van der Waals surface area contributed by atoms with Gasteiger partial charge in [0, 0.05) is 30.4 Å². The molecule has 0 fully saturated rings. The number of nitrogens with zero attached hydrogens (tertiary/aromatic N) is 2. The lowest BCUT2D eigenvalue weighted by Crippen LogP contribution is -2.23. The average Bonchev–Trinajstić information content (AvgIpc) is 2.99. The summed E-state index contributed by atoms with van der Waals surface area (Å²) in [7, 11) is -3.70. The lowest BCUT2D eigenvalue weighted by molar-refractivity contribution is 0.305. The van der Waals surface area contributed by atoms with E-state index in [0.29, 0.717) is 17.7 Å². The first-order valence-corrected chi connectivity index (χ1v) is 7.54. The van der Waals surface area contributed by atoms with Crippen LogP contribution >= 0.6 is 0 Å². The number of hydrogen-bond donors (Lipinski definition) is 2. The van der Waals surface area contributed by atoms with Crippen LogP contribution in [-0.4, -0.2) is 30.3 Å². The van der Waals surface area contributed by atoms with Crippen molar-refractivity contribution in [3.8, 4) is 11.8 Å². The molecule has 7 nitrogen and oxygen atoms in total. The van der Waals surface area contributed by atoms with Crippen LogP contribution < -0.4 is 4.72 Å². The smallest absolute Gasteiger partial charge is 0.242 e. The molecule has 0 aliphatic carbocycles. The first-order valence-electron chi connectivity index (χ1n) is 6.05. The van der Waals surface area contributed by atoms with Gasteiger partial charge in [-0.05, 0) is 6.07 Å². The molecule has 2 aromatic rings. The number of aliphatic hydroxyl groups is 1. The number of aliphatic hydroxyl groups excluding tert-OH is 1. The van der Waals surface area contributed by atoms with Crippen molar-refractivity contribution in [1.29, 1.82) is 0 Å². The van der Waals surface area contributed by atoms with Crippen molar-refractivity contribution >= 4 is 10.0 Å². The SMILES string of the molecule is O=S(=O)(NCc1ccon1)c1cncc(C#CCCO)c1. The average molecular weight is 307 g/mol. The highest BCUT2D eigenvalue weighted by molar-refractivity contribution is 7.89. The van der Waals surface area contributed by atoms with E-state index in [0.717, 1.165) is 0 Å². The van der Waals surface area contributed by atoms with Crippen LogP contribution in [0.5, 0.6) is 0 Å². The third-order valence-electron chi connectivity index (χ3n) is 2.43. The van der Waals surface area contributed by atoms with Gasteiger partial charge in [-0.3, -0.25) is 4.98 Å². The summed E-state index contributed by atoms with van der Waals surface area (Å²) in [4.78, 5) is 3.87. The predicted molar refractivity (Wildman–Crippen MR) is 73.3 cm³/mol. The molecule has 2 rings (SSSR count). The van der Waals surface area contributed by atoms with E-state index in [1.807, 2.05) is 0 Å². The molecule has 110 valence electrons. The van der Waals surface area contributed by atoms with Gasteiger partial charge in [-0.1, -0.05) is 17.0 Å². The van der Waals surface area contributed by atoms with Crippen LogP contribution in [0.1, 0.15) is 17.7 Å². The molecule has 0 aliphatic rings. The van der Waals surface area contributed by atoms with Crippen LogP contribution in [-0.2, 0) is 16.6 Å². The van der Waals surface area contributed by atoms with Crippen molar-refractivity contribution < 1.29 is 18.0 Å². The molecule has 2 heterocycles. The second-order valence-electron chi connectivity index (χ2n) is 4.00. The van der Waals surface area contributed by atoms with E-state index in [-0.39, 0.29) is 18.0 Å². The summed E-state index contributed by atoms with van der Waals surface area (Å²) in [6.07, 6.45) is 4.38. The summed E-state index contributed by atoms with van der Waals surface area (Å²) in [5.41, 5.74) is 0.943. The van der Waals surface area contributed by atoms with Crippen molar-refractivity contribution in [3.05, 3.63) is 42.0 Å². The summed E-state index contributed by atoms with van der Waals surface area (Å²) in [5.74, 6) is 5.44. The molecule has 0 bridgehead atoms. The Morgan fingerprint density at radius 1 is 1.38 bits per heavy atom. The molecule has 8 heteroatoms. The molecule has 0 unspecified atom stereocenters. The first-order chi connectivity index (χ1) is 10.1. The number of pyridine rings is 1. The zero-order chi connectivity index (χ0) is 15.1. The molecule has 0 saturated heterocycles. The fraction of sp³-hybridized carbons (Fsp3) is 0.231. The van der Waals surface area contributed by atoms with Crippen molar-refractivity contribution in [2.75, 3.05) is 6.61 Å². The summed E-state index contributed by atoms with van der Waals surface area (Å²) >= 11 is 0. The molecule has 2 aromatic heterocycles. The van der Waals surface area contributed by atoms with Gasteiger partial charge in [0.1, 0.15) is 11.2 Å². The van der Waals surface area contributed by atoms with Crippen LogP contribution in [0.15, 0.2) is 40.2 Å². The summed E-state index contributed by atoms with van der Waals surface area (Å²) in [5, 5.41) is 12.3. The number of nitrogens with one attached hydrogen (secondary N) is 1. The molecule has 0 spiro atoms.